The molecular formula is C10H15NO. The van der Waals surface area contributed by atoms with E-state index in [4.69, 9.17) is 10.2 Å². The van der Waals surface area contributed by atoms with Gasteiger partial charge in [-0.15, -0.1) is 0 Å². The zero-order valence-electron chi connectivity index (χ0n) is 7.79. The second-order valence-electron chi connectivity index (χ2n) is 4.26. The quantitative estimate of drug-likeness (QED) is 0.691. The molecule has 2 unspecified atom stereocenters. The Balaban J connectivity index is 2.30. The van der Waals surface area contributed by atoms with Crippen molar-refractivity contribution >= 4 is 0 Å². The van der Waals surface area contributed by atoms with E-state index in [0.29, 0.717) is 12.0 Å². The van der Waals surface area contributed by atoms with Gasteiger partial charge in [0.25, 0.3) is 0 Å². The Morgan fingerprint density at radius 2 is 2.08 bits per heavy atom. The summed E-state index contributed by atoms with van der Waals surface area (Å²) in [6, 6.07) is 2.34. The third kappa shape index (κ3) is 0.845. The lowest BCUT2D eigenvalue weighted by molar-refractivity contribution is 0.525. The van der Waals surface area contributed by atoms with E-state index in [-0.39, 0.29) is 5.41 Å². The van der Waals surface area contributed by atoms with Gasteiger partial charge in [0.1, 0.15) is 5.76 Å². The summed E-state index contributed by atoms with van der Waals surface area (Å²) in [7, 11) is 0. The maximum absolute atomic E-state index is 5.96. The zero-order chi connectivity index (χ0) is 8.93. The number of furan rings is 1. The number of hydrogen-bond donors (Lipinski definition) is 1. The summed E-state index contributed by atoms with van der Waals surface area (Å²) >= 11 is 0. The van der Waals surface area contributed by atoms with Crippen LogP contribution in [-0.2, 0) is 0 Å². The van der Waals surface area contributed by atoms with Crippen molar-refractivity contribution in [2.24, 2.45) is 11.1 Å². The van der Waals surface area contributed by atoms with Gasteiger partial charge >= 0.3 is 0 Å². The van der Waals surface area contributed by atoms with Gasteiger partial charge in [-0.3, -0.25) is 0 Å². The molecule has 0 amide bonds. The summed E-state index contributed by atoms with van der Waals surface area (Å²) in [6.45, 7) is 6.40. The molecule has 66 valence electrons. The van der Waals surface area contributed by atoms with Gasteiger partial charge in [0.05, 0.1) is 6.26 Å². The third-order valence-electron chi connectivity index (χ3n) is 3.14. The van der Waals surface area contributed by atoms with Gasteiger partial charge in [-0.1, -0.05) is 13.8 Å². The number of nitrogens with two attached hydrogens (primary N) is 1. The number of hydrogen-bond acceptors (Lipinski definition) is 2. The van der Waals surface area contributed by atoms with E-state index < -0.39 is 0 Å². The summed E-state index contributed by atoms with van der Waals surface area (Å²) in [5.74, 6) is 1.51. The highest BCUT2D eigenvalue weighted by molar-refractivity contribution is 5.35. The van der Waals surface area contributed by atoms with Crippen molar-refractivity contribution in [3.05, 3.63) is 23.7 Å². The lowest BCUT2D eigenvalue weighted by atomic mass is 10.0. The Hall–Kier alpha value is -0.760. The van der Waals surface area contributed by atoms with E-state index in [1.165, 1.54) is 5.56 Å². The van der Waals surface area contributed by atoms with Gasteiger partial charge in [-0.05, 0) is 24.0 Å². The van der Waals surface area contributed by atoms with Crippen LogP contribution < -0.4 is 5.73 Å². The molecule has 1 heterocycles. The molecule has 2 rings (SSSR count). The molecule has 1 aliphatic rings. The van der Waals surface area contributed by atoms with Gasteiger partial charge in [-0.25, -0.2) is 0 Å². The van der Waals surface area contributed by atoms with Crippen molar-refractivity contribution in [2.75, 3.05) is 0 Å². The van der Waals surface area contributed by atoms with Gasteiger partial charge in [0.2, 0.25) is 0 Å². The van der Waals surface area contributed by atoms with E-state index in [1.807, 2.05) is 13.0 Å². The summed E-state index contributed by atoms with van der Waals surface area (Å²) in [4.78, 5) is 0. The molecule has 1 fully saturated rings. The highest BCUT2D eigenvalue weighted by Gasteiger charge is 2.57. The molecule has 1 aromatic rings. The first-order valence-electron chi connectivity index (χ1n) is 4.34. The lowest BCUT2D eigenvalue weighted by Gasteiger charge is -1.99. The van der Waals surface area contributed by atoms with Crippen LogP contribution in [0, 0.1) is 12.3 Å². The van der Waals surface area contributed by atoms with E-state index in [9.17, 15) is 0 Å². The molecular weight excluding hydrogens is 150 g/mol. The smallest absolute Gasteiger partial charge is 0.104 e. The zero-order valence-corrected chi connectivity index (χ0v) is 7.79. The monoisotopic (exact) mass is 165 g/mol. The van der Waals surface area contributed by atoms with Crippen LogP contribution in [0.1, 0.15) is 31.1 Å². The van der Waals surface area contributed by atoms with Crippen molar-refractivity contribution in [1.82, 2.24) is 0 Å². The Morgan fingerprint density at radius 3 is 2.42 bits per heavy atom. The van der Waals surface area contributed by atoms with E-state index >= 15 is 0 Å². The fourth-order valence-electron chi connectivity index (χ4n) is 1.99. The first-order valence-corrected chi connectivity index (χ1v) is 4.34. The number of rotatable bonds is 1. The SMILES string of the molecule is Cc1occc1C1C(N)C1(C)C. The van der Waals surface area contributed by atoms with Crippen LogP contribution in [-0.4, -0.2) is 6.04 Å². The highest BCUT2D eigenvalue weighted by Crippen LogP contribution is 2.57. The molecule has 0 spiro atoms. The van der Waals surface area contributed by atoms with Gasteiger partial charge in [0, 0.05) is 12.0 Å². The van der Waals surface area contributed by atoms with Gasteiger partial charge < -0.3 is 10.2 Å². The average Bonchev–Trinajstić information content (AvgIpc) is 2.39. The Kier molecular flexibility index (Phi) is 1.40. The molecule has 2 nitrogen and oxygen atoms in total. The molecule has 1 saturated carbocycles. The maximum Gasteiger partial charge on any atom is 0.104 e. The van der Waals surface area contributed by atoms with Crippen molar-refractivity contribution in [2.45, 2.75) is 32.7 Å². The van der Waals surface area contributed by atoms with Crippen LogP contribution in [0.4, 0.5) is 0 Å². The third-order valence-corrected chi connectivity index (χ3v) is 3.14. The maximum atomic E-state index is 5.96. The molecule has 1 aliphatic carbocycles. The first kappa shape index (κ1) is 7.87. The van der Waals surface area contributed by atoms with Crippen LogP contribution in [0.5, 0.6) is 0 Å². The molecule has 0 bridgehead atoms. The minimum atomic E-state index is 0.259. The summed E-state index contributed by atoms with van der Waals surface area (Å²) < 4.78 is 5.25. The fourth-order valence-corrected chi connectivity index (χ4v) is 1.99. The minimum absolute atomic E-state index is 0.259. The Morgan fingerprint density at radius 1 is 1.50 bits per heavy atom. The van der Waals surface area contributed by atoms with E-state index in [1.54, 1.807) is 6.26 Å². The van der Waals surface area contributed by atoms with Crippen molar-refractivity contribution in [3.63, 3.8) is 0 Å². The summed E-state index contributed by atoms with van der Waals surface area (Å²) in [6.07, 6.45) is 1.74. The molecule has 0 saturated heterocycles. The molecule has 2 atom stereocenters. The van der Waals surface area contributed by atoms with Crippen molar-refractivity contribution in [1.29, 1.82) is 0 Å². The molecule has 0 radical (unpaired) electrons. The van der Waals surface area contributed by atoms with Crippen molar-refractivity contribution < 1.29 is 4.42 Å². The standard InChI is InChI=1S/C10H15NO/c1-6-7(4-5-12-6)8-9(11)10(8,2)3/h4-5,8-9H,11H2,1-3H3. The minimum Gasteiger partial charge on any atom is -0.469 e. The van der Waals surface area contributed by atoms with Crippen LogP contribution in [0.15, 0.2) is 16.7 Å². The van der Waals surface area contributed by atoms with Crippen LogP contribution in [0.25, 0.3) is 0 Å². The van der Waals surface area contributed by atoms with Crippen LogP contribution >= 0.6 is 0 Å². The largest absolute Gasteiger partial charge is 0.469 e. The van der Waals surface area contributed by atoms with Crippen LogP contribution in [0.3, 0.4) is 0 Å². The first-order chi connectivity index (χ1) is 5.55. The number of aryl methyl sites for hydroxylation is 1. The Bertz CT molecular complexity index is 301. The average molecular weight is 165 g/mol. The van der Waals surface area contributed by atoms with Gasteiger partial charge in [0.15, 0.2) is 0 Å². The second-order valence-corrected chi connectivity index (χ2v) is 4.26. The fraction of sp³-hybridized carbons (Fsp3) is 0.600. The topological polar surface area (TPSA) is 39.2 Å². The second kappa shape index (κ2) is 2.13. The molecule has 0 aromatic carbocycles. The predicted molar refractivity (Wildman–Crippen MR) is 47.9 cm³/mol. The molecule has 2 heteroatoms. The van der Waals surface area contributed by atoms with Crippen molar-refractivity contribution in [3.8, 4) is 0 Å². The van der Waals surface area contributed by atoms with Crippen LogP contribution in [0.2, 0.25) is 0 Å². The molecule has 2 N–H and O–H groups in total. The predicted octanol–water partition coefficient (Wildman–Crippen LogP) is 2.04. The van der Waals surface area contributed by atoms with Gasteiger partial charge in [-0.2, -0.15) is 0 Å². The Labute approximate surface area is 72.7 Å². The molecule has 12 heavy (non-hydrogen) atoms. The summed E-state index contributed by atoms with van der Waals surface area (Å²) in [5.41, 5.74) is 7.51. The normalized spacial score (nSPS) is 32.0. The molecule has 1 aromatic heterocycles. The lowest BCUT2D eigenvalue weighted by Crippen LogP contribution is -2.06. The van der Waals surface area contributed by atoms with E-state index in [2.05, 4.69) is 13.8 Å². The highest BCUT2D eigenvalue weighted by atomic mass is 16.3. The van der Waals surface area contributed by atoms with E-state index in [0.717, 1.165) is 5.76 Å². The summed E-state index contributed by atoms with van der Waals surface area (Å²) in [5, 5.41) is 0. The molecule has 0 aliphatic heterocycles.